The van der Waals surface area contributed by atoms with E-state index in [1.165, 1.54) is 0 Å². The zero-order valence-electron chi connectivity index (χ0n) is 6.87. The maximum Gasteiger partial charge on any atom is 0.0407 e. The quantitative estimate of drug-likeness (QED) is 0.394. The Hall–Kier alpha value is -0.990. The van der Waals surface area contributed by atoms with Gasteiger partial charge < -0.3 is 0 Å². The molecule has 0 amide bonds. The first kappa shape index (κ1) is 9.10. The molecule has 0 bridgehead atoms. The first-order valence-corrected chi connectivity index (χ1v) is 4.26. The van der Waals surface area contributed by atoms with E-state index in [9.17, 15) is 0 Å². The molecule has 0 saturated heterocycles. The molecule has 1 aromatic carbocycles. The summed E-state index contributed by atoms with van der Waals surface area (Å²) in [4.78, 5) is 2.75. The van der Waals surface area contributed by atoms with E-state index in [0.717, 1.165) is 15.6 Å². The van der Waals surface area contributed by atoms with E-state index in [1.807, 2.05) is 26.0 Å². The molecule has 0 spiro atoms. The number of nitrogens with zero attached hydrogens (tertiary/aromatic N) is 3. The van der Waals surface area contributed by atoms with Crippen molar-refractivity contribution in [2.75, 3.05) is 0 Å². The summed E-state index contributed by atoms with van der Waals surface area (Å²) in [5.74, 6) is 0. The Morgan fingerprint density at radius 2 is 2.00 bits per heavy atom. The SMILES string of the molecule is Cc1cc(N=[N+]=[N-])c(C)cc1Br. The minimum Gasteiger partial charge on any atom is -0.0605 e. The minimum absolute atomic E-state index is 0.693. The Morgan fingerprint density at radius 1 is 1.33 bits per heavy atom. The van der Waals surface area contributed by atoms with Gasteiger partial charge in [0.1, 0.15) is 0 Å². The fourth-order valence-electron chi connectivity index (χ4n) is 0.922. The van der Waals surface area contributed by atoms with Crippen molar-refractivity contribution in [3.63, 3.8) is 0 Å². The predicted molar refractivity (Wildman–Crippen MR) is 52.4 cm³/mol. The molecule has 0 radical (unpaired) electrons. The smallest absolute Gasteiger partial charge is 0.0407 e. The molecule has 0 heterocycles. The third-order valence-corrected chi connectivity index (χ3v) is 2.48. The van der Waals surface area contributed by atoms with Crippen LogP contribution in [0.5, 0.6) is 0 Å². The molecule has 0 atom stereocenters. The molecule has 1 rings (SSSR count). The van der Waals surface area contributed by atoms with Crippen molar-refractivity contribution in [1.82, 2.24) is 0 Å². The van der Waals surface area contributed by atoms with Crippen molar-refractivity contribution in [2.24, 2.45) is 5.11 Å². The number of hydrogen-bond donors (Lipinski definition) is 0. The lowest BCUT2D eigenvalue weighted by atomic mass is 10.1. The molecule has 0 saturated carbocycles. The molecule has 0 unspecified atom stereocenters. The average molecular weight is 226 g/mol. The summed E-state index contributed by atoms with van der Waals surface area (Å²) in [6.07, 6.45) is 0. The summed E-state index contributed by atoms with van der Waals surface area (Å²) >= 11 is 3.40. The molecule has 0 aliphatic carbocycles. The Balaban J connectivity index is 3.32. The molecule has 4 heteroatoms. The average Bonchev–Trinajstić information content (AvgIpc) is 2.01. The lowest BCUT2D eigenvalue weighted by Crippen LogP contribution is -1.78. The Morgan fingerprint density at radius 3 is 2.58 bits per heavy atom. The van der Waals surface area contributed by atoms with Gasteiger partial charge in [-0.1, -0.05) is 21.0 Å². The maximum absolute atomic E-state index is 8.25. The molecule has 62 valence electrons. The van der Waals surface area contributed by atoms with Crippen molar-refractivity contribution in [3.05, 3.63) is 38.2 Å². The second kappa shape index (κ2) is 3.61. The van der Waals surface area contributed by atoms with Crippen molar-refractivity contribution < 1.29 is 0 Å². The van der Waals surface area contributed by atoms with Crippen molar-refractivity contribution >= 4 is 21.6 Å². The molecule has 0 aromatic heterocycles. The van der Waals surface area contributed by atoms with Gasteiger partial charge in [0.2, 0.25) is 0 Å². The van der Waals surface area contributed by atoms with Gasteiger partial charge in [-0.05, 0) is 42.6 Å². The van der Waals surface area contributed by atoms with Crippen molar-refractivity contribution in [3.8, 4) is 0 Å². The van der Waals surface area contributed by atoms with Gasteiger partial charge in [0.15, 0.2) is 0 Å². The Bertz CT molecular complexity index is 354. The van der Waals surface area contributed by atoms with Gasteiger partial charge in [0.05, 0.1) is 0 Å². The van der Waals surface area contributed by atoms with E-state index in [1.54, 1.807) is 0 Å². The second-order valence-corrected chi connectivity index (χ2v) is 3.43. The van der Waals surface area contributed by atoms with E-state index >= 15 is 0 Å². The van der Waals surface area contributed by atoms with Crippen LogP contribution in [0, 0.1) is 13.8 Å². The highest BCUT2D eigenvalue weighted by Crippen LogP contribution is 2.26. The summed E-state index contributed by atoms with van der Waals surface area (Å²) in [5, 5.41) is 3.57. The van der Waals surface area contributed by atoms with Gasteiger partial charge in [-0.3, -0.25) is 0 Å². The van der Waals surface area contributed by atoms with Gasteiger partial charge in [-0.25, -0.2) is 0 Å². The van der Waals surface area contributed by atoms with Crippen LogP contribution in [0.1, 0.15) is 11.1 Å². The predicted octanol–water partition coefficient (Wildman–Crippen LogP) is 4.01. The van der Waals surface area contributed by atoms with Crippen molar-refractivity contribution in [1.29, 1.82) is 0 Å². The zero-order valence-corrected chi connectivity index (χ0v) is 8.46. The highest BCUT2D eigenvalue weighted by Gasteiger charge is 1.99. The van der Waals surface area contributed by atoms with Crippen LogP contribution in [0.4, 0.5) is 5.69 Å². The third-order valence-electron chi connectivity index (χ3n) is 1.63. The molecule has 1 aromatic rings. The van der Waals surface area contributed by atoms with Gasteiger partial charge in [0.25, 0.3) is 0 Å². The number of benzene rings is 1. The van der Waals surface area contributed by atoms with E-state index in [-0.39, 0.29) is 0 Å². The summed E-state index contributed by atoms with van der Waals surface area (Å²) in [6, 6.07) is 3.80. The summed E-state index contributed by atoms with van der Waals surface area (Å²) in [5.41, 5.74) is 11.0. The number of rotatable bonds is 1. The van der Waals surface area contributed by atoms with Crippen LogP contribution in [0.2, 0.25) is 0 Å². The number of aryl methyl sites for hydroxylation is 2. The van der Waals surface area contributed by atoms with Crippen LogP contribution in [0.25, 0.3) is 10.4 Å². The number of hydrogen-bond acceptors (Lipinski definition) is 1. The van der Waals surface area contributed by atoms with Crippen LogP contribution in [0.15, 0.2) is 21.7 Å². The van der Waals surface area contributed by atoms with E-state index in [4.69, 9.17) is 5.53 Å². The van der Waals surface area contributed by atoms with Crippen LogP contribution in [-0.4, -0.2) is 0 Å². The first-order valence-electron chi connectivity index (χ1n) is 3.47. The molecular formula is C8H8BrN3. The summed E-state index contributed by atoms with van der Waals surface area (Å²) in [6.45, 7) is 3.87. The van der Waals surface area contributed by atoms with Crippen LogP contribution < -0.4 is 0 Å². The largest absolute Gasteiger partial charge is 0.0605 e. The molecule has 0 fully saturated rings. The molecule has 12 heavy (non-hydrogen) atoms. The minimum atomic E-state index is 0.693. The topological polar surface area (TPSA) is 48.8 Å². The summed E-state index contributed by atoms with van der Waals surface area (Å²) in [7, 11) is 0. The number of azide groups is 1. The van der Waals surface area contributed by atoms with Crippen molar-refractivity contribution in [2.45, 2.75) is 13.8 Å². The molecular weight excluding hydrogens is 218 g/mol. The second-order valence-electron chi connectivity index (χ2n) is 2.58. The summed E-state index contributed by atoms with van der Waals surface area (Å²) < 4.78 is 1.04. The molecule has 0 aliphatic heterocycles. The van der Waals surface area contributed by atoms with Gasteiger partial charge in [0, 0.05) is 15.1 Å². The fourth-order valence-corrected chi connectivity index (χ4v) is 1.38. The normalized spacial score (nSPS) is 9.25. The van der Waals surface area contributed by atoms with E-state index < -0.39 is 0 Å². The standard InChI is InChI=1S/C8H8BrN3/c1-5-4-8(11-12-10)6(2)3-7(5)9/h3-4H,1-2H3. The van der Waals surface area contributed by atoms with E-state index in [2.05, 4.69) is 26.0 Å². The Labute approximate surface area is 79.2 Å². The molecule has 0 aliphatic rings. The first-order chi connectivity index (χ1) is 5.65. The third kappa shape index (κ3) is 1.78. The Kier molecular flexibility index (Phi) is 2.74. The highest BCUT2D eigenvalue weighted by molar-refractivity contribution is 9.10. The lowest BCUT2D eigenvalue weighted by Gasteiger charge is -2.02. The molecule has 0 N–H and O–H groups in total. The van der Waals surface area contributed by atoms with Crippen LogP contribution in [-0.2, 0) is 0 Å². The lowest BCUT2D eigenvalue weighted by molar-refractivity contribution is 1.32. The van der Waals surface area contributed by atoms with Gasteiger partial charge >= 0.3 is 0 Å². The van der Waals surface area contributed by atoms with Gasteiger partial charge in [-0.15, -0.1) is 0 Å². The fraction of sp³-hybridized carbons (Fsp3) is 0.250. The van der Waals surface area contributed by atoms with Gasteiger partial charge in [-0.2, -0.15) is 0 Å². The van der Waals surface area contributed by atoms with Crippen LogP contribution in [0.3, 0.4) is 0 Å². The monoisotopic (exact) mass is 225 g/mol. The van der Waals surface area contributed by atoms with Crippen LogP contribution >= 0.6 is 15.9 Å². The van der Waals surface area contributed by atoms with E-state index in [0.29, 0.717) is 5.69 Å². The zero-order chi connectivity index (χ0) is 9.14. The number of halogens is 1. The molecule has 3 nitrogen and oxygen atoms in total. The highest BCUT2D eigenvalue weighted by atomic mass is 79.9. The maximum atomic E-state index is 8.25.